The molecule has 1 aromatic heterocycles. The number of thiazole rings is 1. The van der Waals surface area contributed by atoms with Gasteiger partial charge < -0.3 is 15.1 Å². The van der Waals surface area contributed by atoms with Gasteiger partial charge in [-0.25, -0.2) is 9.98 Å². The Morgan fingerprint density at radius 2 is 1.92 bits per heavy atom. The number of hydrogen-bond donors (Lipinski definition) is 1. The van der Waals surface area contributed by atoms with Crippen LogP contribution < -0.4 is 10.2 Å². The molecule has 0 saturated heterocycles. The van der Waals surface area contributed by atoms with E-state index in [-0.39, 0.29) is 24.0 Å². The van der Waals surface area contributed by atoms with Gasteiger partial charge in [0.2, 0.25) is 0 Å². The van der Waals surface area contributed by atoms with Gasteiger partial charge in [0.1, 0.15) is 0 Å². The summed E-state index contributed by atoms with van der Waals surface area (Å²) in [5.74, 6) is 0.899. The smallest absolute Gasteiger partial charge is 0.194 e. The predicted octanol–water partition coefficient (Wildman–Crippen LogP) is 3.42. The highest BCUT2D eigenvalue weighted by molar-refractivity contribution is 14.0. The maximum atomic E-state index is 4.71. The zero-order valence-corrected chi connectivity index (χ0v) is 17.8. The van der Waals surface area contributed by atoms with E-state index in [4.69, 9.17) is 4.99 Å². The number of benzene rings is 1. The average molecular weight is 459 g/mol. The summed E-state index contributed by atoms with van der Waals surface area (Å²) >= 11 is 1.65. The molecule has 0 saturated carbocycles. The highest BCUT2D eigenvalue weighted by atomic mass is 127. The fourth-order valence-corrected chi connectivity index (χ4v) is 2.88. The van der Waals surface area contributed by atoms with Gasteiger partial charge in [-0.3, -0.25) is 0 Å². The number of aromatic nitrogens is 1. The van der Waals surface area contributed by atoms with Crippen LogP contribution in [0.2, 0.25) is 0 Å². The third-order valence-corrected chi connectivity index (χ3v) is 4.33. The first kappa shape index (κ1) is 20.7. The van der Waals surface area contributed by atoms with Gasteiger partial charge in [0.15, 0.2) is 11.1 Å². The lowest BCUT2D eigenvalue weighted by Gasteiger charge is -2.22. The molecule has 0 aliphatic rings. The van der Waals surface area contributed by atoms with Gasteiger partial charge in [-0.1, -0.05) is 30.3 Å². The molecule has 1 N–H and O–H groups in total. The molecule has 0 aliphatic carbocycles. The molecule has 5 nitrogen and oxygen atoms in total. The Balaban J connectivity index is 0.00000288. The highest BCUT2D eigenvalue weighted by Crippen LogP contribution is 2.18. The molecule has 2 aromatic rings. The number of guanidine groups is 1. The Hall–Kier alpha value is -1.35. The topological polar surface area (TPSA) is 43.8 Å². The van der Waals surface area contributed by atoms with Crippen LogP contribution in [0, 0.1) is 0 Å². The number of rotatable bonds is 6. The van der Waals surface area contributed by atoms with E-state index in [0.717, 1.165) is 29.9 Å². The number of anilines is 1. The van der Waals surface area contributed by atoms with Crippen LogP contribution in [0.3, 0.4) is 0 Å². The normalized spacial score (nSPS) is 10.9. The Morgan fingerprint density at radius 1 is 1.21 bits per heavy atom. The van der Waals surface area contributed by atoms with Crippen LogP contribution in [-0.4, -0.2) is 43.5 Å². The van der Waals surface area contributed by atoms with Gasteiger partial charge in [-0.05, 0) is 12.5 Å². The van der Waals surface area contributed by atoms with Gasteiger partial charge >= 0.3 is 0 Å². The monoisotopic (exact) mass is 459 g/mol. The standard InChI is InChI=1S/C17H25N5S.HI/c1-5-18-16(22(4)12-14-9-7-6-8-10-14)19-11-15-13-23-17(20-15)21(2)3;/h6-10,13H,5,11-12H2,1-4H3,(H,18,19);1H. The molecule has 0 fully saturated rings. The minimum atomic E-state index is 0. The summed E-state index contributed by atoms with van der Waals surface area (Å²) in [6.45, 7) is 4.34. The molecule has 0 spiro atoms. The summed E-state index contributed by atoms with van der Waals surface area (Å²) in [7, 11) is 6.06. The van der Waals surface area contributed by atoms with Crippen molar-refractivity contribution in [1.29, 1.82) is 0 Å². The molecule has 0 aliphatic heterocycles. The largest absolute Gasteiger partial charge is 0.357 e. The molecular formula is C17H26IN5S. The quantitative estimate of drug-likeness (QED) is 0.409. The Labute approximate surface area is 165 Å². The molecule has 132 valence electrons. The van der Waals surface area contributed by atoms with Crippen LogP contribution >= 0.6 is 35.3 Å². The van der Waals surface area contributed by atoms with Crippen molar-refractivity contribution in [3.63, 3.8) is 0 Å². The fourth-order valence-electron chi connectivity index (χ4n) is 2.13. The van der Waals surface area contributed by atoms with Crippen molar-refractivity contribution in [2.45, 2.75) is 20.0 Å². The first-order chi connectivity index (χ1) is 11.1. The third-order valence-electron chi connectivity index (χ3n) is 3.27. The van der Waals surface area contributed by atoms with E-state index >= 15 is 0 Å². The summed E-state index contributed by atoms with van der Waals surface area (Å²) in [6.07, 6.45) is 0. The summed E-state index contributed by atoms with van der Waals surface area (Å²) < 4.78 is 0. The zero-order valence-electron chi connectivity index (χ0n) is 14.7. The average Bonchev–Trinajstić information content (AvgIpc) is 3.01. The summed E-state index contributed by atoms with van der Waals surface area (Å²) in [5, 5.41) is 6.42. The van der Waals surface area contributed by atoms with Crippen molar-refractivity contribution in [1.82, 2.24) is 15.2 Å². The van der Waals surface area contributed by atoms with Crippen molar-refractivity contribution in [3.8, 4) is 0 Å². The Bertz CT molecular complexity index is 627. The van der Waals surface area contributed by atoms with Crippen LogP contribution in [0.1, 0.15) is 18.2 Å². The molecule has 7 heteroatoms. The zero-order chi connectivity index (χ0) is 16.7. The van der Waals surface area contributed by atoms with E-state index in [1.165, 1.54) is 5.56 Å². The summed E-state index contributed by atoms with van der Waals surface area (Å²) in [4.78, 5) is 13.4. The van der Waals surface area contributed by atoms with E-state index in [1.807, 2.05) is 25.1 Å². The van der Waals surface area contributed by atoms with Gasteiger partial charge in [-0.2, -0.15) is 0 Å². The van der Waals surface area contributed by atoms with Crippen molar-refractivity contribution >= 4 is 46.4 Å². The lowest BCUT2D eigenvalue weighted by Crippen LogP contribution is -2.38. The first-order valence-electron chi connectivity index (χ1n) is 7.75. The van der Waals surface area contributed by atoms with Crippen molar-refractivity contribution in [2.75, 3.05) is 32.6 Å². The van der Waals surface area contributed by atoms with E-state index in [1.54, 1.807) is 11.3 Å². The van der Waals surface area contributed by atoms with E-state index in [0.29, 0.717) is 6.54 Å². The lowest BCUT2D eigenvalue weighted by atomic mass is 10.2. The highest BCUT2D eigenvalue weighted by Gasteiger charge is 2.08. The number of nitrogens with zero attached hydrogens (tertiary/aromatic N) is 4. The van der Waals surface area contributed by atoms with E-state index in [2.05, 4.69) is 58.8 Å². The van der Waals surface area contributed by atoms with E-state index in [9.17, 15) is 0 Å². The van der Waals surface area contributed by atoms with Gasteiger partial charge in [0.25, 0.3) is 0 Å². The molecule has 0 amide bonds. The molecule has 0 atom stereocenters. The second-order valence-electron chi connectivity index (χ2n) is 5.53. The van der Waals surface area contributed by atoms with Crippen LogP contribution in [0.4, 0.5) is 5.13 Å². The molecule has 1 heterocycles. The van der Waals surface area contributed by atoms with Crippen molar-refractivity contribution < 1.29 is 0 Å². The molecule has 2 rings (SSSR count). The second kappa shape index (κ2) is 10.5. The maximum absolute atomic E-state index is 4.71. The predicted molar refractivity (Wildman–Crippen MR) is 115 cm³/mol. The van der Waals surface area contributed by atoms with E-state index < -0.39 is 0 Å². The molecule has 24 heavy (non-hydrogen) atoms. The number of halogens is 1. The molecule has 0 radical (unpaired) electrons. The summed E-state index contributed by atoms with van der Waals surface area (Å²) in [5.41, 5.74) is 2.27. The van der Waals surface area contributed by atoms with Gasteiger partial charge in [0, 0.05) is 39.6 Å². The molecule has 0 bridgehead atoms. The van der Waals surface area contributed by atoms with Crippen LogP contribution in [0.25, 0.3) is 0 Å². The Morgan fingerprint density at radius 3 is 2.50 bits per heavy atom. The SMILES string of the molecule is CCNC(=NCc1csc(N(C)C)n1)N(C)Cc1ccccc1.I. The third kappa shape index (κ3) is 6.27. The van der Waals surface area contributed by atoms with Crippen molar-refractivity contribution in [2.24, 2.45) is 4.99 Å². The second-order valence-corrected chi connectivity index (χ2v) is 6.36. The minimum Gasteiger partial charge on any atom is -0.357 e. The molecular weight excluding hydrogens is 433 g/mol. The fraction of sp³-hybridized carbons (Fsp3) is 0.412. The maximum Gasteiger partial charge on any atom is 0.194 e. The van der Waals surface area contributed by atoms with Crippen LogP contribution in [-0.2, 0) is 13.1 Å². The van der Waals surface area contributed by atoms with Gasteiger partial charge in [-0.15, -0.1) is 35.3 Å². The van der Waals surface area contributed by atoms with Gasteiger partial charge in [0.05, 0.1) is 12.2 Å². The number of nitrogens with one attached hydrogen (secondary N) is 1. The van der Waals surface area contributed by atoms with Crippen molar-refractivity contribution in [3.05, 3.63) is 47.0 Å². The molecule has 1 aromatic carbocycles. The minimum absolute atomic E-state index is 0. The number of aliphatic imine (C=N–C) groups is 1. The molecule has 0 unspecified atom stereocenters. The van der Waals surface area contributed by atoms with Crippen LogP contribution in [0.15, 0.2) is 40.7 Å². The first-order valence-corrected chi connectivity index (χ1v) is 8.63. The lowest BCUT2D eigenvalue weighted by molar-refractivity contribution is 0.476. The summed E-state index contributed by atoms with van der Waals surface area (Å²) in [6, 6.07) is 10.4. The Kier molecular flexibility index (Phi) is 9.05. The number of hydrogen-bond acceptors (Lipinski definition) is 4. The van der Waals surface area contributed by atoms with Crippen LogP contribution in [0.5, 0.6) is 0 Å².